The summed E-state index contributed by atoms with van der Waals surface area (Å²) in [6, 6.07) is 24.7. The topological polar surface area (TPSA) is 52.8 Å². The summed E-state index contributed by atoms with van der Waals surface area (Å²) in [5.41, 5.74) is 15.7. The van der Waals surface area contributed by atoms with Gasteiger partial charge < -0.3 is 23.7 Å². The first-order valence-corrected chi connectivity index (χ1v) is 19.7. The first kappa shape index (κ1) is 35.7. The van der Waals surface area contributed by atoms with Crippen LogP contribution in [0.2, 0.25) is 0 Å². The molecule has 4 aromatic rings. The van der Waals surface area contributed by atoms with Gasteiger partial charge in [0, 0.05) is 25.7 Å². The van der Waals surface area contributed by atoms with E-state index >= 15 is 0 Å². The fourth-order valence-electron chi connectivity index (χ4n) is 7.58. The quantitative estimate of drug-likeness (QED) is 0.102. The van der Waals surface area contributed by atoms with Crippen molar-refractivity contribution in [3.63, 3.8) is 0 Å². The van der Waals surface area contributed by atoms with Gasteiger partial charge in [0.2, 0.25) is 0 Å². The largest absolute Gasteiger partial charge is 0.497 e. The van der Waals surface area contributed by atoms with Crippen molar-refractivity contribution in [2.24, 2.45) is 5.92 Å². The van der Waals surface area contributed by atoms with E-state index in [1.165, 1.54) is 79.6 Å². The summed E-state index contributed by atoms with van der Waals surface area (Å²) in [7, 11) is 0. The lowest BCUT2D eigenvalue weighted by atomic mass is 9.88. The Bertz CT molecular complexity index is 2010. The molecule has 0 bridgehead atoms. The highest BCUT2D eigenvalue weighted by atomic mass is 16.6. The molecule has 2 unspecified atom stereocenters. The SMILES string of the molecule is Cc1cc(C)c(Cc2ccccc2OCC2CO2)cc1Cc1cc(Cc2cccc(CC3=C(OCC4CC4)CCC=C3)c2OCC2CO2)c(C)cc1C. The maximum Gasteiger partial charge on any atom is 0.126 e. The average molecular weight is 711 g/mol. The van der Waals surface area contributed by atoms with E-state index in [0.717, 1.165) is 81.5 Å². The third kappa shape index (κ3) is 9.26. The molecule has 2 saturated heterocycles. The Labute approximate surface area is 316 Å². The zero-order chi connectivity index (χ0) is 36.3. The smallest absolute Gasteiger partial charge is 0.126 e. The van der Waals surface area contributed by atoms with Crippen LogP contribution in [0.1, 0.15) is 86.9 Å². The van der Waals surface area contributed by atoms with Gasteiger partial charge in [-0.3, -0.25) is 0 Å². The van der Waals surface area contributed by atoms with Crippen LogP contribution in [0, 0.1) is 33.6 Å². The van der Waals surface area contributed by atoms with Crippen LogP contribution in [-0.4, -0.2) is 45.2 Å². The molecule has 0 amide bonds. The summed E-state index contributed by atoms with van der Waals surface area (Å²) in [6.45, 7) is 12.6. The van der Waals surface area contributed by atoms with Gasteiger partial charge >= 0.3 is 0 Å². The normalized spacial score (nSPS) is 19.0. The van der Waals surface area contributed by atoms with Crippen LogP contribution in [0.15, 0.2) is 90.2 Å². The van der Waals surface area contributed by atoms with Gasteiger partial charge in [-0.05, 0) is 132 Å². The molecule has 2 aliphatic heterocycles. The van der Waals surface area contributed by atoms with E-state index in [2.05, 4.69) is 107 Å². The first-order valence-electron chi connectivity index (χ1n) is 19.7. The molecule has 3 fully saturated rings. The van der Waals surface area contributed by atoms with Crippen molar-refractivity contribution in [3.05, 3.63) is 151 Å². The van der Waals surface area contributed by atoms with Gasteiger partial charge in [0.15, 0.2) is 0 Å². The van der Waals surface area contributed by atoms with Crippen molar-refractivity contribution in [2.75, 3.05) is 33.0 Å². The highest BCUT2D eigenvalue weighted by Crippen LogP contribution is 2.35. The van der Waals surface area contributed by atoms with Gasteiger partial charge in [-0.15, -0.1) is 0 Å². The molecular weight excluding hydrogens is 657 g/mol. The lowest BCUT2D eigenvalue weighted by Crippen LogP contribution is -2.10. The predicted octanol–water partition coefficient (Wildman–Crippen LogP) is 9.82. The number of hydrogen-bond acceptors (Lipinski definition) is 5. The van der Waals surface area contributed by atoms with Crippen LogP contribution >= 0.6 is 0 Å². The molecule has 2 heterocycles. The maximum absolute atomic E-state index is 6.64. The molecule has 0 radical (unpaired) electrons. The Morgan fingerprint density at radius 3 is 1.74 bits per heavy atom. The summed E-state index contributed by atoms with van der Waals surface area (Å²) in [4.78, 5) is 0. The highest BCUT2D eigenvalue weighted by molar-refractivity contribution is 5.51. The molecule has 0 aromatic heterocycles. The van der Waals surface area contributed by atoms with Crippen molar-refractivity contribution in [3.8, 4) is 11.5 Å². The standard InChI is InChI=1S/C48H54O5/c1-31-18-33(3)42(23-40(31)21-37-11-6-8-15-47(37)52-29-44-27-49-44)25-43-24-41(32(2)19-34(43)4)22-39-13-9-12-38(48(39)53-30-45-28-50-45)20-36-10-5-7-14-46(36)51-26-35-16-17-35/h5-6,8-13,15,18-19,23-24,35,44-45H,7,14,16-17,20-22,25-30H2,1-4H3. The summed E-state index contributed by atoms with van der Waals surface area (Å²) in [5, 5.41) is 0. The molecule has 0 N–H and O–H groups in total. The average Bonchev–Trinajstić information content (AvgIpc) is 3.98. The third-order valence-electron chi connectivity index (χ3n) is 11.3. The fraction of sp³-hybridized carbons (Fsp3) is 0.417. The number of aryl methyl sites for hydroxylation is 4. The maximum atomic E-state index is 6.64. The van der Waals surface area contributed by atoms with Gasteiger partial charge in [-0.25, -0.2) is 0 Å². The van der Waals surface area contributed by atoms with Crippen molar-refractivity contribution >= 4 is 0 Å². The van der Waals surface area contributed by atoms with E-state index in [1.54, 1.807) is 0 Å². The van der Waals surface area contributed by atoms with E-state index in [4.69, 9.17) is 23.7 Å². The van der Waals surface area contributed by atoms with Gasteiger partial charge in [-0.2, -0.15) is 0 Å². The Kier molecular flexibility index (Phi) is 10.8. The number of ether oxygens (including phenoxy) is 5. The van der Waals surface area contributed by atoms with Crippen molar-refractivity contribution in [1.29, 1.82) is 0 Å². The van der Waals surface area contributed by atoms with E-state index in [1.807, 2.05) is 0 Å². The van der Waals surface area contributed by atoms with Crippen LogP contribution in [0.4, 0.5) is 0 Å². The minimum Gasteiger partial charge on any atom is -0.497 e. The molecule has 53 heavy (non-hydrogen) atoms. The number of para-hydroxylation sites is 2. The van der Waals surface area contributed by atoms with Crippen LogP contribution in [0.5, 0.6) is 11.5 Å². The van der Waals surface area contributed by atoms with E-state index in [0.29, 0.717) is 13.2 Å². The second-order valence-electron chi connectivity index (χ2n) is 15.8. The fourth-order valence-corrected chi connectivity index (χ4v) is 7.58. The number of epoxide rings is 2. The molecule has 5 nitrogen and oxygen atoms in total. The Morgan fingerprint density at radius 2 is 1.11 bits per heavy atom. The second kappa shape index (κ2) is 16.0. The van der Waals surface area contributed by atoms with E-state index in [9.17, 15) is 0 Å². The van der Waals surface area contributed by atoms with Crippen molar-refractivity contribution < 1.29 is 23.7 Å². The Morgan fingerprint density at radius 1 is 0.566 bits per heavy atom. The Hall–Kier alpha value is -4.32. The lowest BCUT2D eigenvalue weighted by molar-refractivity contribution is 0.186. The number of allylic oxidation sites excluding steroid dienone is 4. The van der Waals surface area contributed by atoms with Gasteiger partial charge in [0.25, 0.3) is 0 Å². The zero-order valence-electron chi connectivity index (χ0n) is 32.0. The molecular formula is C48H54O5. The van der Waals surface area contributed by atoms with Crippen LogP contribution < -0.4 is 9.47 Å². The van der Waals surface area contributed by atoms with Crippen LogP contribution in [0.25, 0.3) is 0 Å². The molecule has 5 heteroatoms. The Balaban J connectivity index is 1.04. The highest BCUT2D eigenvalue weighted by Gasteiger charge is 2.26. The van der Waals surface area contributed by atoms with Gasteiger partial charge in [-0.1, -0.05) is 72.8 Å². The summed E-state index contributed by atoms with van der Waals surface area (Å²) >= 11 is 0. The monoisotopic (exact) mass is 710 g/mol. The summed E-state index contributed by atoms with van der Waals surface area (Å²) in [5.74, 6) is 3.86. The number of benzene rings is 4. The number of hydrogen-bond donors (Lipinski definition) is 0. The summed E-state index contributed by atoms with van der Waals surface area (Å²) < 4.78 is 30.2. The molecule has 4 aromatic carbocycles. The first-order chi connectivity index (χ1) is 25.9. The van der Waals surface area contributed by atoms with Crippen molar-refractivity contribution in [1.82, 2.24) is 0 Å². The minimum atomic E-state index is 0.191. The lowest BCUT2D eigenvalue weighted by Gasteiger charge is -2.21. The van der Waals surface area contributed by atoms with Crippen molar-refractivity contribution in [2.45, 2.75) is 91.3 Å². The van der Waals surface area contributed by atoms with E-state index in [-0.39, 0.29) is 12.2 Å². The predicted molar refractivity (Wildman–Crippen MR) is 211 cm³/mol. The summed E-state index contributed by atoms with van der Waals surface area (Å²) in [6.07, 6.45) is 13.0. The third-order valence-corrected chi connectivity index (χ3v) is 11.3. The second-order valence-corrected chi connectivity index (χ2v) is 15.8. The molecule has 276 valence electrons. The molecule has 0 spiro atoms. The van der Waals surface area contributed by atoms with Gasteiger partial charge in [0.1, 0.15) is 36.9 Å². The molecule has 2 atom stereocenters. The van der Waals surface area contributed by atoms with E-state index < -0.39 is 0 Å². The molecule has 2 aliphatic carbocycles. The molecule has 4 aliphatic rings. The molecule has 1 saturated carbocycles. The van der Waals surface area contributed by atoms with Gasteiger partial charge in [0.05, 0.1) is 25.6 Å². The number of rotatable bonds is 17. The molecule has 8 rings (SSSR count). The minimum absolute atomic E-state index is 0.191. The van der Waals surface area contributed by atoms with Crippen LogP contribution in [0.3, 0.4) is 0 Å². The zero-order valence-corrected chi connectivity index (χ0v) is 32.0. The van der Waals surface area contributed by atoms with Crippen LogP contribution in [-0.2, 0) is 39.9 Å².